The van der Waals surface area contributed by atoms with E-state index in [0.29, 0.717) is 6.42 Å². The van der Waals surface area contributed by atoms with Crippen molar-refractivity contribution in [2.24, 2.45) is 0 Å². The third kappa shape index (κ3) is 6.87. The number of sulfone groups is 1. The Morgan fingerprint density at radius 3 is 2.70 bits per heavy atom. The lowest BCUT2D eigenvalue weighted by atomic mass is 10.0. The zero-order chi connectivity index (χ0) is 15.2. The van der Waals surface area contributed by atoms with Crippen LogP contribution in [0.1, 0.15) is 37.8 Å². The number of rotatable bonds is 8. The summed E-state index contributed by atoms with van der Waals surface area (Å²) in [6.45, 7) is 3.07. The molecule has 0 radical (unpaired) electrons. The van der Waals surface area contributed by atoms with Crippen molar-refractivity contribution in [3.8, 4) is 0 Å². The Labute approximate surface area is 144 Å². The van der Waals surface area contributed by atoms with Gasteiger partial charge in [-0.1, -0.05) is 22.9 Å². The monoisotopic (exact) mass is 473 g/mol. The molecular formula is C14H21BrINO2S. The molecule has 0 saturated carbocycles. The molecule has 1 aromatic carbocycles. The standard InChI is InChI=1S/C14H21BrINO2S/c1-3-8-17-14(5-4-9-20(2,18)19)12-10-11(15)6-7-13(12)16/h6-7,10,14,17H,3-5,8-9H2,1-2H3. The molecule has 0 aliphatic carbocycles. The molecule has 0 aliphatic rings. The Kier molecular flexibility index (Phi) is 8.00. The van der Waals surface area contributed by atoms with Crippen LogP contribution in [0.3, 0.4) is 0 Å². The van der Waals surface area contributed by atoms with E-state index in [9.17, 15) is 8.42 Å². The van der Waals surface area contributed by atoms with Gasteiger partial charge in [-0.25, -0.2) is 8.42 Å². The number of hydrogen-bond donors (Lipinski definition) is 1. The molecule has 0 aromatic heterocycles. The SMILES string of the molecule is CCCNC(CCCS(C)(=O)=O)c1cc(Br)ccc1I. The van der Waals surface area contributed by atoms with Gasteiger partial charge < -0.3 is 5.32 Å². The molecule has 1 N–H and O–H groups in total. The molecule has 1 unspecified atom stereocenters. The van der Waals surface area contributed by atoms with E-state index in [1.807, 2.05) is 6.07 Å². The Balaban J connectivity index is 2.80. The maximum Gasteiger partial charge on any atom is 0.147 e. The molecule has 0 amide bonds. The first kappa shape index (κ1) is 18.4. The zero-order valence-corrected chi connectivity index (χ0v) is 16.4. The fraction of sp³-hybridized carbons (Fsp3) is 0.571. The van der Waals surface area contributed by atoms with Crippen molar-refractivity contribution in [3.05, 3.63) is 31.8 Å². The highest BCUT2D eigenvalue weighted by Crippen LogP contribution is 2.27. The van der Waals surface area contributed by atoms with E-state index < -0.39 is 9.84 Å². The van der Waals surface area contributed by atoms with Gasteiger partial charge in [0.2, 0.25) is 0 Å². The molecule has 20 heavy (non-hydrogen) atoms. The first-order chi connectivity index (χ1) is 9.33. The zero-order valence-electron chi connectivity index (χ0n) is 11.8. The summed E-state index contributed by atoms with van der Waals surface area (Å²) in [5.74, 6) is 0.252. The lowest BCUT2D eigenvalue weighted by Gasteiger charge is -2.20. The van der Waals surface area contributed by atoms with Crippen LogP contribution in [0.25, 0.3) is 0 Å². The van der Waals surface area contributed by atoms with Crippen LogP contribution in [-0.2, 0) is 9.84 Å². The molecule has 0 fully saturated rings. The van der Waals surface area contributed by atoms with Gasteiger partial charge in [0.05, 0.1) is 0 Å². The predicted octanol–water partition coefficient (Wildman–Crippen LogP) is 3.92. The van der Waals surface area contributed by atoms with Crippen molar-refractivity contribution in [3.63, 3.8) is 0 Å². The van der Waals surface area contributed by atoms with E-state index in [1.54, 1.807) is 0 Å². The minimum absolute atomic E-state index is 0.209. The third-order valence-corrected chi connectivity index (χ3v) is 5.49. The van der Waals surface area contributed by atoms with Crippen molar-refractivity contribution in [1.82, 2.24) is 5.32 Å². The van der Waals surface area contributed by atoms with Gasteiger partial charge in [-0.2, -0.15) is 0 Å². The van der Waals surface area contributed by atoms with E-state index >= 15 is 0 Å². The average molecular weight is 474 g/mol. The molecular weight excluding hydrogens is 453 g/mol. The average Bonchev–Trinajstić information content (AvgIpc) is 2.35. The summed E-state index contributed by atoms with van der Waals surface area (Å²) in [4.78, 5) is 0. The van der Waals surface area contributed by atoms with Gasteiger partial charge in [0.15, 0.2) is 0 Å². The normalized spacial score (nSPS) is 13.4. The van der Waals surface area contributed by atoms with Crippen molar-refractivity contribution >= 4 is 48.4 Å². The van der Waals surface area contributed by atoms with Gasteiger partial charge >= 0.3 is 0 Å². The first-order valence-electron chi connectivity index (χ1n) is 6.69. The van der Waals surface area contributed by atoms with Gasteiger partial charge in [0.1, 0.15) is 9.84 Å². The molecule has 114 valence electrons. The number of nitrogens with one attached hydrogen (secondary N) is 1. The third-order valence-electron chi connectivity index (χ3n) is 2.98. The fourth-order valence-electron chi connectivity index (χ4n) is 2.02. The highest BCUT2D eigenvalue weighted by Gasteiger charge is 2.15. The second-order valence-corrected chi connectivity index (χ2v) is 9.28. The summed E-state index contributed by atoms with van der Waals surface area (Å²) in [6.07, 6.45) is 3.87. The topological polar surface area (TPSA) is 46.2 Å². The highest BCUT2D eigenvalue weighted by atomic mass is 127. The van der Waals surface area contributed by atoms with E-state index in [1.165, 1.54) is 15.4 Å². The molecule has 0 aliphatic heterocycles. The quantitative estimate of drug-likeness (QED) is 0.582. The minimum Gasteiger partial charge on any atom is -0.310 e. The van der Waals surface area contributed by atoms with Crippen LogP contribution in [-0.4, -0.2) is 27.0 Å². The molecule has 0 heterocycles. The van der Waals surface area contributed by atoms with Crippen molar-refractivity contribution < 1.29 is 8.42 Å². The van der Waals surface area contributed by atoms with Crippen molar-refractivity contribution in [1.29, 1.82) is 0 Å². The Bertz CT molecular complexity index is 534. The maximum absolute atomic E-state index is 11.3. The largest absolute Gasteiger partial charge is 0.310 e. The Morgan fingerprint density at radius 1 is 1.40 bits per heavy atom. The molecule has 0 saturated heterocycles. The fourth-order valence-corrected chi connectivity index (χ4v) is 3.80. The van der Waals surface area contributed by atoms with E-state index in [2.05, 4.69) is 62.9 Å². The second kappa shape index (κ2) is 8.70. The van der Waals surface area contributed by atoms with Crippen LogP contribution in [0.4, 0.5) is 0 Å². The minimum atomic E-state index is -2.88. The number of halogens is 2. The Hall–Kier alpha value is 0.340. The summed E-state index contributed by atoms with van der Waals surface area (Å²) in [5.41, 5.74) is 1.24. The van der Waals surface area contributed by atoms with E-state index in [0.717, 1.165) is 23.9 Å². The van der Waals surface area contributed by atoms with Crippen LogP contribution in [0.5, 0.6) is 0 Å². The van der Waals surface area contributed by atoms with Crippen LogP contribution in [0.15, 0.2) is 22.7 Å². The van der Waals surface area contributed by atoms with Crippen molar-refractivity contribution in [2.75, 3.05) is 18.6 Å². The summed E-state index contributed by atoms with van der Waals surface area (Å²) in [7, 11) is -2.88. The lowest BCUT2D eigenvalue weighted by Crippen LogP contribution is -2.23. The molecule has 1 aromatic rings. The summed E-state index contributed by atoms with van der Waals surface area (Å²) in [6, 6.07) is 6.44. The van der Waals surface area contributed by atoms with Crippen LogP contribution < -0.4 is 5.32 Å². The van der Waals surface area contributed by atoms with Crippen molar-refractivity contribution in [2.45, 2.75) is 32.2 Å². The van der Waals surface area contributed by atoms with Gasteiger partial charge in [-0.05, 0) is 72.2 Å². The molecule has 1 rings (SSSR count). The second-order valence-electron chi connectivity index (χ2n) is 4.94. The maximum atomic E-state index is 11.3. The van der Waals surface area contributed by atoms with Gasteiger partial charge in [-0.15, -0.1) is 0 Å². The molecule has 0 spiro atoms. The smallest absolute Gasteiger partial charge is 0.147 e. The van der Waals surface area contributed by atoms with Gasteiger partial charge in [0, 0.05) is 26.1 Å². The van der Waals surface area contributed by atoms with E-state index in [4.69, 9.17) is 0 Å². The Morgan fingerprint density at radius 2 is 2.10 bits per heavy atom. The predicted molar refractivity (Wildman–Crippen MR) is 96.8 cm³/mol. The number of benzene rings is 1. The van der Waals surface area contributed by atoms with Gasteiger partial charge in [-0.3, -0.25) is 0 Å². The van der Waals surface area contributed by atoms with E-state index in [-0.39, 0.29) is 11.8 Å². The van der Waals surface area contributed by atoms with Gasteiger partial charge in [0.25, 0.3) is 0 Å². The summed E-state index contributed by atoms with van der Waals surface area (Å²) < 4.78 is 24.8. The molecule has 6 heteroatoms. The number of hydrogen-bond acceptors (Lipinski definition) is 3. The summed E-state index contributed by atoms with van der Waals surface area (Å²) >= 11 is 5.84. The lowest BCUT2D eigenvalue weighted by molar-refractivity contribution is 0.490. The molecule has 3 nitrogen and oxygen atoms in total. The van der Waals surface area contributed by atoms with Crippen LogP contribution >= 0.6 is 38.5 Å². The molecule has 0 bridgehead atoms. The van der Waals surface area contributed by atoms with Crippen LogP contribution in [0.2, 0.25) is 0 Å². The first-order valence-corrected chi connectivity index (χ1v) is 10.6. The summed E-state index contributed by atoms with van der Waals surface area (Å²) in [5, 5.41) is 3.52. The van der Waals surface area contributed by atoms with Crippen LogP contribution in [0, 0.1) is 3.57 Å². The highest BCUT2D eigenvalue weighted by molar-refractivity contribution is 14.1. The molecule has 1 atom stereocenters.